The van der Waals surface area contributed by atoms with E-state index in [0.717, 1.165) is 43.9 Å². The third-order valence-electron chi connectivity index (χ3n) is 5.31. The standard InChI is InChI=1S/C18H28FN3/c1-18(2)13-21(11-8-17(18)20)12-14-15(19)6-5-7-16(14)22-9-3-4-10-22/h5-7,17H,3-4,8-13,20H2,1-2H3. The first-order valence-corrected chi connectivity index (χ1v) is 8.48. The number of hydrogen-bond acceptors (Lipinski definition) is 3. The van der Waals surface area contributed by atoms with Crippen LogP contribution in [0, 0.1) is 11.2 Å². The van der Waals surface area contributed by atoms with Crippen LogP contribution < -0.4 is 10.6 Å². The van der Waals surface area contributed by atoms with Crippen LogP contribution in [0.1, 0.15) is 38.7 Å². The summed E-state index contributed by atoms with van der Waals surface area (Å²) in [6.45, 7) is 9.10. The molecule has 2 aliphatic heterocycles. The summed E-state index contributed by atoms with van der Waals surface area (Å²) >= 11 is 0. The molecule has 2 heterocycles. The Morgan fingerprint density at radius 2 is 1.95 bits per heavy atom. The Morgan fingerprint density at radius 3 is 2.64 bits per heavy atom. The Morgan fingerprint density at radius 1 is 1.23 bits per heavy atom. The van der Waals surface area contributed by atoms with Gasteiger partial charge in [-0.05, 0) is 36.8 Å². The molecule has 1 aromatic carbocycles. The van der Waals surface area contributed by atoms with Crippen molar-refractivity contribution >= 4 is 5.69 Å². The highest BCUT2D eigenvalue weighted by molar-refractivity contribution is 5.54. The largest absolute Gasteiger partial charge is 0.371 e. The molecule has 0 radical (unpaired) electrons. The van der Waals surface area contributed by atoms with E-state index in [1.165, 1.54) is 12.8 Å². The Hall–Kier alpha value is -1.13. The molecule has 1 unspecified atom stereocenters. The highest BCUT2D eigenvalue weighted by Crippen LogP contribution is 2.32. The van der Waals surface area contributed by atoms with Gasteiger partial charge in [-0.15, -0.1) is 0 Å². The second-order valence-electron chi connectivity index (χ2n) is 7.53. The van der Waals surface area contributed by atoms with Crippen molar-refractivity contribution in [3.8, 4) is 0 Å². The van der Waals surface area contributed by atoms with Gasteiger partial charge < -0.3 is 10.6 Å². The molecule has 3 rings (SSSR count). The number of piperidine rings is 1. The van der Waals surface area contributed by atoms with Gasteiger partial charge in [0.1, 0.15) is 5.82 Å². The van der Waals surface area contributed by atoms with E-state index in [4.69, 9.17) is 5.73 Å². The molecule has 1 aromatic rings. The lowest BCUT2D eigenvalue weighted by Gasteiger charge is -2.43. The lowest BCUT2D eigenvalue weighted by molar-refractivity contribution is 0.0891. The van der Waals surface area contributed by atoms with Crippen molar-refractivity contribution in [3.05, 3.63) is 29.6 Å². The molecule has 0 saturated carbocycles. The Bertz CT molecular complexity index is 523. The predicted molar refractivity (Wildman–Crippen MR) is 89.5 cm³/mol. The molecule has 4 heteroatoms. The predicted octanol–water partition coefficient (Wildman–Crippen LogP) is 2.99. The fourth-order valence-corrected chi connectivity index (χ4v) is 3.80. The molecular formula is C18H28FN3. The summed E-state index contributed by atoms with van der Waals surface area (Å²) in [5.74, 6) is -0.0721. The van der Waals surface area contributed by atoms with Crippen LogP contribution in [-0.4, -0.2) is 37.1 Å². The fourth-order valence-electron chi connectivity index (χ4n) is 3.80. The van der Waals surface area contributed by atoms with Crippen molar-refractivity contribution in [2.45, 2.75) is 45.7 Å². The van der Waals surface area contributed by atoms with Crippen LogP contribution in [0.4, 0.5) is 10.1 Å². The normalized spacial score (nSPS) is 25.6. The lowest BCUT2D eigenvalue weighted by Crippen LogP contribution is -2.52. The number of halogens is 1. The summed E-state index contributed by atoms with van der Waals surface area (Å²) in [5, 5.41) is 0. The van der Waals surface area contributed by atoms with Crippen LogP contribution in [0.25, 0.3) is 0 Å². The molecule has 2 N–H and O–H groups in total. The maximum atomic E-state index is 14.4. The van der Waals surface area contributed by atoms with Crippen LogP contribution in [0.15, 0.2) is 18.2 Å². The lowest BCUT2D eigenvalue weighted by atomic mass is 9.79. The summed E-state index contributed by atoms with van der Waals surface area (Å²) in [4.78, 5) is 4.70. The van der Waals surface area contributed by atoms with E-state index in [-0.39, 0.29) is 17.3 Å². The minimum atomic E-state index is -0.0721. The number of hydrogen-bond donors (Lipinski definition) is 1. The Kier molecular flexibility index (Phi) is 4.42. The van der Waals surface area contributed by atoms with E-state index < -0.39 is 0 Å². The van der Waals surface area contributed by atoms with Gasteiger partial charge in [-0.3, -0.25) is 4.90 Å². The molecule has 2 fully saturated rings. The van der Waals surface area contributed by atoms with E-state index in [1.54, 1.807) is 6.07 Å². The number of likely N-dealkylation sites (tertiary alicyclic amines) is 1. The van der Waals surface area contributed by atoms with E-state index in [9.17, 15) is 4.39 Å². The molecule has 2 saturated heterocycles. The summed E-state index contributed by atoms with van der Waals surface area (Å²) in [6.07, 6.45) is 3.41. The number of anilines is 1. The fraction of sp³-hybridized carbons (Fsp3) is 0.667. The second-order valence-corrected chi connectivity index (χ2v) is 7.53. The molecule has 0 aromatic heterocycles. The van der Waals surface area contributed by atoms with Crippen molar-refractivity contribution in [1.29, 1.82) is 0 Å². The molecule has 0 spiro atoms. The van der Waals surface area contributed by atoms with E-state index >= 15 is 0 Å². The summed E-state index contributed by atoms with van der Waals surface area (Å²) in [6, 6.07) is 5.74. The maximum Gasteiger partial charge on any atom is 0.129 e. The van der Waals surface area contributed by atoms with Gasteiger partial charge in [0.2, 0.25) is 0 Å². The average molecular weight is 305 g/mol. The Labute approximate surface area is 133 Å². The summed E-state index contributed by atoms with van der Waals surface area (Å²) < 4.78 is 14.4. The van der Waals surface area contributed by atoms with Crippen LogP contribution in [0.3, 0.4) is 0 Å². The van der Waals surface area contributed by atoms with Gasteiger partial charge in [-0.25, -0.2) is 4.39 Å². The van der Waals surface area contributed by atoms with Crippen molar-refractivity contribution in [2.24, 2.45) is 11.1 Å². The number of rotatable bonds is 3. The molecule has 1 atom stereocenters. The maximum absolute atomic E-state index is 14.4. The van der Waals surface area contributed by atoms with Gasteiger partial charge in [0.25, 0.3) is 0 Å². The highest BCUT2D eigenvalue weighted by atomic mass is 19.1. The van der Waals surface area contributed by atoms with Crippen molar-refractivity contribution in [3.63, 3.8) is 0 Å². The average Bonchev–Trinajstić information content (AvgIpc) is 2.99. The molecule has 0 aliphatic carbocycles. The topological polar surface area (TPSA) is 32.5 Å². The van der Waals surface area contributed by atoms with Gasteiger partial charge in [0.05, 0.1) is 0 Å². The van der Waals surface area contributed by atoms with Gasteiger partial charge in [-0.2, -0.15) is 0 Å². The first-order valence-electron chi connectivity index (χ1n) is 8.48. The third kappa shape index (κ3) is 3.13. The third-order valence-corrected chi connectivity index (χ3v) is 5.31. The molecule has 2 aliphatic rings. The van der Waals surface area contributed by atoms with E-state index in [0.29, 0.717) is 6.54 Å². The minimum absolute atomic E-state index is 0.0721. The van der Waals surface area contributed by atoms with Gasteiger partial charge in [0.15, 0.2) is 0 Å². The Balaban J connectivity index is 1.80. The van der Waals surface area contributed by atoms with Crippen LogP contribution >= 0.6 is 0 Å². The van der Waals surface area contributed by atoms with Crippen molar-refractivity contribution in [1.82, 2.24) is 4.90 Å². The summed E-state index contributed by atoms with van der Waals surface area (Å²) in [5.41, 5.74) is 8.26. The minimum Gasteiger partial charge on any atom is -0.371 e. The quantitative estimate of drug-likeness (QED) is 0.932. The molecule has 0 amide bonds. The van der Waals surface area contributed by atoms with Crippen molar-refractivity contribution in [2.75, 3.05) is 31.1 Å². The van der Waals surface area contributed by atoms with Gasteiger partial charge in [-0.1, -0.05) is 19.9 Å². The van der Waals surface area contributed by atoms with Crippen LogP contribution in [-0.2, 0) is 6.54 Å². The number of benzene rings is 1. The van der Waals surface area contributed by atoms with Gasteiger partial charge >= 0.3 is 0 Å². The molecule has 122 valence electrons. The zero-order valence-corrected chi connectivity index (χ0v) is 13.8. The second kappa shape index (κ2) is 6.17. The zero-order valence-electron chi connectivity index (χ0n) is 13.8. The van der Waals surface area contributed by atoms with E-state index in [1.807, 2.05) is 6.07 Å². The first kappa shape index (κ1) is 15.8. The first-order chi connectivity index (χ1) is 10.5. The van der Waals surface area contributed by atoms with Gasteiger partial charge in [0, 0.05) is 50.0 Å². The SMILES string of the molecule is CC1(C)CN(Cc2c(F)cccc2N2CCCC2)CCC1N. The number of nitrogens with two attached hydrogens (primary N) is 1. The van der Waals surface area contributed by atoms with Crippen molar-refractivity contribution < 1.29 is 4.39 Å². The monoisotopic (exact) mass is 305 g/mol. The number of nitrogens with zero attached hydrogens (tertiary/aromatic N) is 2. The smallest absolute Gasteiger partial charge is 0.129 e. The summed E-state index contributed by atoms with van der Waals surface area (Å²) in [7, 11) is 0. The molecule has 22 heavy (non-hydrogen) atoms. The highest BCUT2D eigenvalue weighted by Gasteiger charge is 2.34. The zero-order chi connectivity index (χ0) is 15.7. The van der Waals surface area contributed by atoms with Crippen LogP contribution in [0.5, 0.6) is 0 Å². The van der Waals surface area contributed by atoms with Crippen LogP contribution in [0.2, 0.25) is 0 Å². The van der Waals surface area contributed by atoms with E-state index in [2.05, 4.69) is 29.7 Å². The molecule has 3 nitrogen and oxygen atoms in total. The molecular weight excluding hydrogens is 277 g/mol. The molecule has 0 bridgehead atoms.